The first kappa shape index (κ1) is 11.8. The molecule has 1 spiro atoms. The lowest BCUT2D eigenvalue weighted by molar-refractivity contribution is 0.122. The quantitative estimate of drug-likeness (QED) is 0.730. The molecule has 20 heavy (non-hydrogen) atoms. The molecule has 3 heteroatoms. The number of amides is 1. The summed E-state index contributed by atoms with van der Waals surface area (Å²) in [5.41, 5.74) is 4.00. The minimum absolute atomic E-state index is 0.113. The van der Waals surface area contributed by atoms with Crippen LogP contribution in [0.1, 0.15) is 30.4 Å². The molecule has 0 saturated carbocycles. The van der Waals surface area contributed by atoms with Crippen molar-refractivity contribution < 1.29 is 9.53 Å². The van der Waals surface area contributed by atoms with Gasteiger partial charge in [-0.25, -0.2) is 4.79 Å². The van der Waals surface area contributed by atoms with E-state index in [2.05, 4.69) is 36.4 Å². The van der Waals surface area contributed by atoms with Crippen LogP contribution in [-0.4, -0.2) is 24.1 Å². The molecule has 102 valence electrons. The highest BCUT2D eigenvalue weighted by atomic mass is 16.6. The zero-order chi connectivity index (χ0) is 13.7. The number of hydrogen-bond acceptors (Lipinski definition) is 2. The SMILES string of the molecule is CCOC(=O)N1C=C2CC3C=CC2(C1)c1ccccc13. The Labute approximate surface area is 118 Å². The van der Waals surface area contributed by atoms with E-state index in [9.17, 15) is 4.79 Å². The van der Waals surface area contributed by atoms with E-state index in [1.165, 1.54) is 16.7 Å². The summed E-state index contributed by atoms with van der Waals surface area (Å²) in [6, 6.07) is 8.61. The Bertz CT molecular complexity index is 646. The Hall–Kier alpha value is -2.03. The fourth-order valence-electron chi connectivity index (χ4n) is 3.81. The van der Waals surface area contributed by atoms with Crippen LogP contribution in [-0.2, 0) is 10.2 Å². The van der Waals surface area contributed by atoms with Crippen molar-refractivity contribution in [2.45, 2.75) is 24.7 Å². The molecule has 1 aromatic rings. The zero-order valence-electron chi connectivity index (χ0n) is 11.5. The molecule has 3 nitrogen and oxygen atoms in total. The Balaban J connectivity index is 1.79. The lowest BCUT2D eigenvalue weighted by Gasteiger charge is -2.43. The van der Waals surface area contributed by atoms with E-state index in [1.54, 1.807) is 4.90 Å². The molecule has 2 atom stereocenters. The van der Waals surface area contributed by atoms with Gasteiger partial charge in [-0.2, -0.15) is 0 Å². The highest BCUT2D eigenvalue weighted by Gasteiger charge is 2.49. The van der Waals surface area contributed by atoms with E-state index in [0.717, 1.165) is 6.42 Å². The number of hydrogen-bond donors (Lipinski definition) is 0. The summed E-state index contributed by atoms with van der Waals surface area (Å²) in [5.74, 6) is 0.460. The summed E-state index contributed by atoms with van der Waals surface area (Å²) in [4.78, 5) is 13.7. The Morgan fingerprint density at radius 3 is 3.15 bits per heavy atom. The average Bonchev–Trinajstić information content (AvgIpc) is 2.88. The number of allylic oxidation sites excluding steroid dienone is 1. The van der Waals surface area contributed by atoms with Crippen molar-refractivity contribution in [2.24, 2.45) is 0 Å². The maximum atomic E-state index is 12.0. The molecule has 0 radical (unpaired) electrons. The van der Waals surface area contributed by atoms with Crippen molar-refractivity contribution in [2.75, 3.05) is 13.2 Å². The second-order valence-corrected chi connectivity index (χ2v) is 5.71. The number of rotatable bonds is 1. The minimum Gasteiger partial charge on any atom is -0.449 e. The number of carbonyl (C=O) groups is 1. The van der Waals surface area contributed by atoms with E-state index in [-0.39, 0.29) is 11.5 Å². The first-order valence-corrected chi connectivity index (χ1v) is 7.18. The highest BCUT2D eigenvalue weighted by Crippen LogP contribution is 2.54. The van der Waals surface area contributed by atoms with Gasteiger partial charge in [-0.1, -0.05) is 36.4 Å². The van der Waals surface area contributed by atoms with Gasteiger partial charge in [0.1, 0.15) is 0 Å². The molecule has 1 aromatic carbocycles. The minimum atomic E-state index is -0.238. The maximum Gasteiger partial charge on any atom is 0.413 e. The van der Waals surface area contributed by atoms with Crippen molar-refractivity contribution in [1.29, 1.82) is 0 Å². The van der Waals surface area contributed by atoms with Gasteiger partial charge in [0.15, 0.2) is 0 Å². The van der Waals surface area contributed by atoms with Crippen LogP contribution in [0.25, 0.3) is 0 Å². The summed E-state index contributed by atoms with van der Waals surface area (Å²) >= 11 is 0. The Morgan fingerprint density at radius 1 is 1.45 bits per heavy atom. The van der Waals surface area contributed by atoms with Gasteiger partial charge in [-0.3, -0.25) is 4.90 Å². The summed E-state index contributed by atoms with van der Waals surface area (Å²) in [5, 5.41) is 0. The largest absolute Gasteiger partial charge is 0.449 e. The van der Waals surface area contributed by atoms with E-state index in [0.29, 0.717) is 19.1 Å². The maximum absolute atomic E-state index is 12.0. The number of ether oxygens (including phenoxy) is 1. The van der Waals surface area contributed by atoms with Gasteiger partial charge in [0.05, 0.1) is 12.0 Å². The second-order valence-electron chi connectivity index (χ2n) is 5.71. The van der Waals surface area contributed by atoms with E-state index < -0.39 is 0 Å². The third kappa shape index (κ3) is 1.38. The molecule has 2 unspecified atom stereocenters. The monoisotopic (exact) mass is 267 g/mol. The smallest absolute Gasteiger partial charge is 0.413 e. The number of nitrogens with zero attached hydrogens (tertiary/aromatic N) is 1. The predicted octanol–water partition coefficient (Wildman–Crippen LogP) is 3.34. The van der Waals surface area contributed by atoms with Crippen LogP contribution in [0.5, 0.6) is 0 Å². The van der Waals surface area contributed by atoms with Gasteiger partial charge in [0, 0.05) is 18.7 Å². The van der Waals surface area contributed by atoms with Gasteiger partial charge in [-0.05, 0) is 30.0 Å². The molecule has 1 aliphatic heterocycles. The van der Waals surface area contributed by atoms with Crippen LogP contribution >= 0.6 is 0 Å². The molecular formula is C17H17NO2. The molecule has 5 rings (SSSR count). The first-order valence-electron chi connectivity index (χ1n) is 7.18. The van der Waals surface area contributed by atoms with Gasteiger partial charge in [0.25, 0.3) is 0 Å². The molecule has 2 bridgehead atoms. The molecule has 1 amide bonds. The van der Waals surface area contributed by atoms with E-state index in [4.69, 9.17) is 4.74 Å². The van der Waals surface area contributed by atoms with Crippen molar-refractivity contribution >= 4 is 6.09 Å². The Kier molecular flexibility index (Phi) is 2.34. The number of benzene rings is 1. The molecule has 3 aliphatic carbocycles. The summed E-state index contributed by atoms with van der Waals surface area (Å²) in [7, 11) is 0. The highest BCUT2D eigenvalue weighted by molar-refractivity contribution is 5.72. The fourth-order valence-corrected chi connectivity index (χ4v) is 3.81. The normalized spacial score (nSPS) is 28.9. The fraction of sp³-hybridized carbons (Fsp3) is 0.353. The summed E-state index contributed by atoms with van der Waals surface area (Å²) in [6.07, 6.45) is 7.37. The van der Waals surface area contributed by atoms with E-state index >= 15 is 0 Å². The predicted molar refractivity (Wildman–Crippen MR) is 76.4 cm³/mol. The van der Waals surface area contributed by atoms with Gasteiger partial charge in [0.2, 0.25) is 0 Å². The topological polar surface area (TPSA) is 29.5 Å². The van der Waals surface area contributed by atoms with Crippen LogP contribution in [0.2, 0.25) is 0 Å². The van der Waals surface area contributed by atoms with Crippen LogP contribution < -0.4 is 0 Å². The van der Waals surface area contributed by atoms with Crippen LogP contribution in [0.15, 0.2) is 48.2 Å². The molecule has 0 N–H and O–H groups in total. The van der Waals surface area contributed by atoms with Gasteiger partial charge >= 0.3 is 6.09 Å². The zero-order valence-corrected chi connectivity index (χ0v) is 11.5. The van der Waals surface area contributed by atoms with Crippen molar-refractivity contribution in [3.63, 3.8) is 0 Å². The molecule has 0 saturated heterocycles. The standard InChI is InChI=1S/C17H17NO2/c1-2-20-16(19)18-10-13-9-12-7-8-17(13,11-18)15-6-4-3-5-14(12)15/h3-8,10,12H,2,9,11H2,1H3. The lowest BCUT2D eigenvalue weighted by atomic mass is 9.60. The molecule has 4 aliphatic rings. The number of carbonyl (C=O) groups excluding carboxylic acids is 1. The third-order valence-corrected chi connectivity index (χ3v) is 4.70. The lowest BCUT2D eigenvalue weighted by Crippen LogP contribution is -2.40. The van der Waals surface area contributed by atoms with Crippen molar-refractivity contribution in [3.05, 3.63) is 59.3 Å². The van der Waals surface area contributed by atoms with Crippen LogP contribution in [0.3, 0.4) is 0 Å². The van der Waals surface area contributed by atoms with Gasteiger partial charge in [-0.15, -0.1) is 0 Å². The van der Waals surface area contributed by atoms with Crippen LogP contribution in [0.4, 0.5) is 4.79 Å². The van der Waals surface area contributed by atoms with E-state index in [1.807, 2.05) is 13.1 Å². The third-order valence-electron chi connectivity index (χ3n) is 4.70. The summed E-state index contributed by atoms with van der Waals surface area (Å²) < 4.78 is 5.14. The molecular weight excluding hydrogens is 250 g/mol. The molecule has 0 fully saturated rings. The van der Waals surface area contributed by atoms with Crippen LogP contribution in [0, 0.1) is 0 Å². The van der Waals surface area contributed by atoms with Gasteiger partial charge < -0.3 is 4.74 Å². The first-order chi connectivity index (χ1) is 9.74. The van der Waals surface area contributed by atoms with Crippen molar-refractivity contribution in [3.8, 4) is 0 Å². The molecule has 1 heterocycles. The average molecular weight is 267 g/mol. The summed E-state index contributed by atoms with van der Waals surface area (Å²) in [6.45, 7) is 2.93. The second kappa shape index (κ2) is 3.98. The Morgan fingerprint density at radius 2 is 2.30 bits per heavy atom. The van der Waals surface area contributed by atoms with Crippen molar-refractivity contribution in [1.82, 2.24) is 4.90 Å². The molecule has 0 aromatic heterocycles.